The number of hydrogen-bond donors (Lipinski definition) is 1. The van der Waals surface area contributed by atoms with Crippen molar-refractivity contribution in [3.8, 4) is 0 Å². The Balaban J connectivity index is 2.44. The van der Waals surface area contributed by atoms with E-state index in [4.69, 9.17) is 0 Å². The van der Waals surface area contributed by atoms with Gasteiger partial charge < -0.3 is 10.2 Å². The van der Waals surface area contributed by atoms with Crippen molar-refractivity contribution in [1.29, 1.82) is 0 Å². The van der Waals surface area contributed by atoms with Gasteiger partial charge in [0.25, 0.3) is 0 Å². The molecule has 1 heterocycles. The molecule has 1 atom stereocenters. The lowest BCUT2D eigenvalue weighted by Gasteiger charge is -2.32. The second-order valence-corrected chi connectivity index (χ2v) is 3.11. The van der Waals surface area contributed by atoms with Gasteiger partial charge in [-0.15, -0.1) is 0 Å². The summed E-state index contributed by atoms with van der Waals surface area (Å²) in [6.07, 6.45) is 2.93. The van der Waals surface area contributed by atoms with Gasteiger partial charge in [-0.3, -0.25) is 4.79 Å². The van der Waals surface area contributed by atoms with Gasteiger partial charge in [-0.25, -0.2) is 0 Å². The molecular formula is C8H16N2O. The van der Waals surface area contributed by atoms with Crippen molar-refractivity contribution in [3.63, 3.8) is 0 Å². The third kappa shape index (κ3) is 1.93. The molecule has 3 heteroatoms. The second kappa shape index (κ2) is 3.72. The Bertz CT molecular complexity index is 145. The van der Waals surface area contributed by atoms with Gasteiger partial charge in [-0.2, -0.15) is 0 Å². The van der Waals surface area contributed by atoms with Gasteiger partial charge in [0, 0.05) is 26.1 Å². The molecule has 0 aliphatic carbocycles. The SMILES string of the molecule is CNCC1CCCC(=O)N1C. The minimum atomic E-state index is 0.288. The van der Waals surface area contributed by atoms with Crippen LogP contribution in [0.3, 0.4) is 0 Å². The Morgan fingerprint density at radius 2 is 2.45 bits per heavy atom. The van der Waals surface area contributed by atoms with Crippen LogP contribution in [0.2, 0.25) is 0 Å². The fraction of sp³-hybridized carbons (Fsp3) is 0.875. The largest absolute Gasteiger partial charge is 0.342 e. The van der Waals surface area contributed by atoms with Crippen molar-refractivity contribution in [2.75, 3.05) is 20.6 Å². The van der Waals surface area contributed by atoms with Crippen molar-refractivity contribution in [2.24, 2.45) is 0 Å². The van der Waals surface area contributed by atoms with E-state index < -0.39 is 0 Å². The molecule has 0 radical (unpaired) electrons. The molecule has 1 saturated heterocycles. The molecule has 1 N–H and O–H groups in total. The summed E-state index contributed by atoms with van der Waals surface area (Å²) < 4.78 is 0. The van der Waals surface area contributed by atoms with Crippen molar-refractivity contribution in [3.05, 3.63) is 0 Å². The number of rotatable bonds is 2. The molecular weight excluding hydrogens is 140 g/mol. The first kappa shape index (κ1) is 8.53. The Morgan fingerprint density at radius 3 is 3.09 bits per heavy atom. The Kier molecular flexibility index (Phi) is 2.88. The molecule has 1 fully saturated rings. The summed E-state index contributed by atoms with van der Waals surface area (Å²) in [5.74, 6) is 0.288. The monoisotopic (exact) mass is 156 g/mol. The maximum Gasteiger partial charge on any atom is 0.222 e. The van der Waals surface area contributed by atoms with E-state index in [1.54, 1.807) is 0 Å². The standard InChI is InChI=1S/C8H16N2O/c1-9-6-7-4-3-5-8(11)10(7)2/h7,9H,3-6H2,1-2H3. The van der Waals surface area contributed by atoms with Crippen LogP contribution in [0.25, 0.3) is 0 Å². The molecule has 1 unspecified atom stereocenters. The highest BCUT2D eigenvalue weighted by molar-refractivity contribution is 5.76. The molecule has 0 saturated carbocycles. The van der Waals surface area contributed by atoms with Crippen molar-refractivity contribution < 1.29 is 4.79 Å². The molecule has 1 aliphatic heterocycles. The van der Waals surface area contributed by atoms with Gasteiger partial charge in [0.2, 0.25) is 5.91 Å². The number of piperidine rings is 1. The Hall–Kier alpha value is -0.570. The average molecular weight is 156 g/mol. The van der Waals surface area contributed by atoms with Gasteiger partial charge in [0.05, 0.1) is 0 Å². The first-order chi connectivity index (χ1) is 5.25. The zero-order valence-electron chi connectivity index (χ0n) is 7.26. The number of carbonyl (C=O) groups is 1. The normalized spacial score (nSPS) is 25.8. The molecule has 0 aromatic heterocycles. The van der Waals surface area contributed by atoms with E-state index in [2.05, 4.69) is 5.32 Å². The number of nitrogens with one attached hydrogen (secondary N) is 1. The fourth-order valence-electron chi connectivity index (χ4n) is 1.54. The highest BCUT2D eigenvalue weighted by Crippen LogP contribution is 2.15. The Labute approximate surface area is 67.8 Å². The number of nitrogens with zero attached hydrogens (tertiary/aromatic N) is 1. The number of carbonyl (C=O) groups excluding carboxylic acids is 1. The van der Waals surface area contributed by atoms with E-state index in [1.807, 2.05) is 19.0 Å². The van der Waals surface area contributed by atoms with E-state index in [0.717, 1.165) is 25.8 Å². The third-order valence-corrected chi connectivity index (χ3v) is 2.31. The summed E-state index contributed by atoms with van der Waals surface area (Å²) in [6, 6.07) is 0.418. The molecule has 0 aromatic carbocycles. The van der Waals surface area contributed by atoms with E-state index in [0.29, 0.717) is 6.04 Å². The van der Waals surface area contributed by atoms with Crippen molar-refractivity contribution >= 4 is 5.91 Å². The predicted molar refractivity (Wildman–Crippen MR) is 44.3 cm³/mol. The van der Waals surface area contributed by atoms with Crippen LogP contribution in [-0.2, 0) is 4.79 Å². The number of likely N-dealkylation sites (N-methyl/N-ethyl adjacent to an activating group) is 2. The van der Waals surface area contributed by atoms with Crippen LogP contribution in [0.5, 0.6) is 0 Å². The van der Waals surface area contributed by atoms with Crippen LogP contribution in [0.15, 0.2) is 0 Å². The van der Waals surface area contributed by atoms with Gasteiger partial charge in [0.15, 0.2) is 0 Å². The quantitative estimate of drug-likeness (QED) is 0.620. The maximum absolute atomic E-state index is 11.2. The summed E-state index contributed by atoms with van der Waals surface area (Å²) in [5.41, 5.74) is 0. The Morgan fingerprint density at radius 1 is 1.73 bits per heavy atom. The molecule has 1 aliphatic rings. The highest BCUT2D eigenvalue weighted by Gasteiger charge is 2.23. The minimum absolute atomic E-state index is 0.288. The topological polar surface area (TPSA) is 32.3 Å². The smallest absolute Gasteiger partial charge is 0.222 e. The predicted octanol–water partition coefficient (Wildman–Crippen LogP) is 0.217. The van der Waals surface area contributed by atoms with Gasteiger partial charge in [-0.05, 0) is 19.9 Å². The van der Waals surface area contributed by atoms with Gasteiger partial charge in [-0.1, -0.05) is 0 Å². The first-order valence-electron chi connectivity index (χ1n) is 4.16. The van der Waals surface area contributed by atoms with Crippen LogP contribution < -0.4 is 5.32 Å². The van der Waals surface area contributed by atoms with Crippen LogP contribution in [0, 0.1) is 0 Å². The number of hydrogen-bond acceptors (Lipinski definition) is 2. The lowest BCUT2D eigenvalue weighted by molar-refractivity contribution is -0.134. The minimum Gasteiger partial charge on any atom is -0.342 e. The molecule has 11 heavy (non-hydrogen) atoms. The molecule has 0 aromatic rings. The van der Waals surface area contributed by atoms with E-state index >= 15 is 0 Å². The van der Waals surface area contributed by atoms with Crippen LogP contribution in [0.1, 0.15) is 19.3 Å². The van der Waals surface area contributed by atoms with Crippen LogP contribution in [-0.4, -0.2) is 37.5 Å². The zero-order valence-corrected chi connectivity index (χ0v) is 7.26. The van der Waals surface area contributed by atoms with Gasteiger partial charge in [0.1, 0.15) is 0 Å². The third-order valence-electron chi connectivity index (χ3n) is 2.31. The maximum atomic E-state index is 11.2. The average Bonchev–Trinajstić information content (AvgIpc) is 1.99. The van der Waals surface area contributed by atoms with Crippen molar-refractivity contribution in [1.82, 2.24) is 10.2 Å². The summed E-state index contributed by atoms with van der Waals surface area (Å²) in [7, 11) is 3.82. The molecule has 1 rings (SSSR count). The lowest BCUT2D eigenvalue weighted by Crippen LogP contribution is -2.45. The summed E-state index contributed by atoms with van der Waals surface area (Å²) >= 11 is 0. The number of likely N-dealkylation sites (tertiary alicyclic amines) is 1. The summed E-state index contributed by atoms with van der Waals surface area (Å²) in [6.45, 7) is 0.919. The molecule has 0 bridgehead atoms. The fourth-order valence-corrected chi connectivity index (χ4v) is 1.54. The number of amides is 1. The molecule has 0 spiro atoms. The van der Waals surface area contributed by atoms with Crippen molar-refractivity contribution in [2.45, 2.75) is 25.3 Å². The molecule has 64 valence electrons. The molecule has 3 nitrogen and oxygen atoms in total. The summed E-state index contributed by atoms with van der Waals surface area (Å²) in [4.78, 5) is 13.0. The van der Waals surface area contributed by atoms with Crippen LogP contribution >= 0.6 is 0 Å². The molecule has 1 amide bonds. The highest BCUT2D eigenvalue weighted by atomic mass is 16.2. The van der Waals surface area contributed by atoms with Crippen LogP contribution in [0.4, 0.5) is 0 Å². The summed E-state index contributed by atoms with van der Waals surface area (Å²) in [5, 5.41) is 3.09. The first-order valence-corrected chi connectivity index (χ1v) is 4.16. The zero-order chi connectivity index (χ0) is 8.27. The van der Waals surface area contributed by atoms with E-state index in [9.17, 15) is 4.79 Å². The lowest BCUT2D eigenvalue weighted by atomic mass is 10.0. The van der Waals surface area contributed by atoms with E-state index in [1.165, 1.54) is 0 Å². The second-order valence-electron chi connectivity index (χ2n) is 3.11. The van der Waals surface area contributed by atoms with Gasteiger partial charge >= 0.3 is 0 Å². The van der Waals surface area contributed by atoms with E-state index in [-0.39, 0.29) is 5.91 Å².